The molecule has 1 fully saturated rings. The Bertz CT molecular complexity index is 372. The Hall–Kier alpha value is -1.15. The predicted molar refractivity (Wildman–Crippen MR) is 63.6 cm³/mol. The molecule has 1 aromatic rings. The highest BCUT2D eigenvalue weighted by molar-refractivity contribution is 5.95. The maximum absolute atomic E-state index is 11.5. The molecule has 1 aliphatic rings. The van der Waals surface area contributed by atoms with Crippen LogP contribution >= 0.6 is 0 Å². The van der Waals surface area contributed by atoms with Gasteiger partial charge in [0.25, 0.3) is 0 Å². The fourth-order valence-corrected chi connectivity index (χ4v) is 2.22. The molecule has 0 bridgehead atoms. The quantitative estimate of drug-likeness (QED) is 0.727. The minimum Gasteiger partial charge on any atom is -0.371 e. The van der Waals surface area contributed by atoms with Crippen LogP contribution in [-0.2, 0) is 10.3 Å². The van der Waals surface area contributed by atoms with Crippen molar-refractivity contribution in [2.75, 3.05) is 6.61 Å². The van der Waals surface area contributed by atoms with E-state index < -0.39 is 0 Å². The maximum Gasteiger partial charge on any atom is 0.162 e. The molecular weight excluding hydrogens is 200 g/mol. The van der Waals surface area contributed by atoms with Crippen molar-refractivity contribution in [3.05, 3.63) is 35.4 Å². The summed E-state index contributed by atoms with van der Waals surface area (Å²) in [4.78, 5) is 11.5. The Kier molecular flexibility index (Phi) is 3.10. The minimum absolute atomic E-state index is 0.145. The van der Waals surface area contributed by atoms with Crippen LogP contribution in [0.5, 0.6) is 0 Å². The molecule has 1 unspecified atom stereocenters. The van der Waals surface area contributed by atoms with E-state index in [1.165, 1.54) is 5.56 Å². The van der Waals surface area contributed by atoms with E-state index in [4.69, 9.17) is 4.74 Å². The monoisotopic (exact) mass is 218 g/mol. The molecule has 0 radical (unpaired) electrons. The molecule has 1 aliphatic heterocycles. The van der Waals surface area contributed by atoms with Crippen LogP contribution in [0.4, 0.5) is 0 Å². The summed E-state index contributed by atoms with van der Waals surface area (Å²) in [6, 6.07) is 7.87. The van der Waals surface area contributed by atoms with Gasteiger partial charge in [-0.15, -0.1) is 0 Å². The summed E-state index contributed by atoms with van der Waals surface area (Å²) in [5.41, 5.74) is 1.83. The van der Waals surface area contributed by atoms with E-state index in [1.807, 2.05) is 31.2 Å². The Morgan fingerprint density at radius 3 is 2.56 bits per heavy atom. The Morgan fingerprint density at radius 2 is 2.06 bits per heavy atom. The van der Waals surface area contributed by atoms with Gasteiger partial charge in [0.15, 0.2) is 5.78 Å². The van der Waals surface area contributed by atoms with Gasteiger partial charge in [0.05, 0.1) is 5.60 Å². The summed E-state index contributed by atoms with van der Waals surface area (Å²) < 4.78 is 5.77. The van der Waals surface area contributed by atoms with Crippen LogP contribution in [0.3, 0.4) is 0 Å². The van der Waals surface area contributed by atoms with E-state index in [-0.39, 0.29) is 11.4 Å². The second kappa shape index (κ2) is 4.38. The number of ether oxygens (including phenoxy) is 1. The number of benzene rings is 1. The summed E-state index contributed by atoms with van der Waals surface area (Å²) in [5.74, 6) is 0.198. The lowest BCUT2D eigenvalue weighted by atomic mass is 9.92. The van der Waals surface area contributed by atoms with Crippen molar-refractivity contribution >= 4 is 5.78 Å². The van der Waals surface area contributed by atoms with Gasteiger partial charge in [-0.3, -0.25) is 4.79 Å². The Balaban J connectivity index is 2.22. The molecule has 1 atom stereocenters. The van der Waals surface area contributed by atoms with Gasteiger partial charge in [0, 0.05) is 18.6 Å². The molecule has 0 saturated carbocycles. The Morgan fingerprint density at radius 1 is 1.38 bits per heavy atom. The summed E-state index contributed by atoms with van der Waals surface area (Å²) in [7, 11) is 0. The van der Waals surface area contributed by atoms with E-state index in [9.17, 15) is 4.79 Å². The lowest BCUT2D eigenvalue weighted by Crippen LogP contribution is -2.19. The Labute approximate surface area is 96.6 Å². The van der Waals surface area contributed by atoms with Crippen molar-refractivity contribution in [3.8, 4) is 0 Å². The SMILES string of the molecule is CCC(=O)c1ccc(C2(C)CCCO2)cc1. The molecule has 2 rings (SSSR count). The highest BCUT2D eigenvalue weighted by Gasteiger charge is 2.31. The third-order valence-electron chi connectivity index (χ3n) is 3.36. The molecule has 2 heteroatoms. The van der Waals surface area contributed by atoms with E-state index in [1.54, 1.807) is 0 Å². The van der Waals surface area contributed by atoms with E-state index in [2.05, 4.69) is 6.92 Å². The molecule has 0 aromatic heterocycles. The van der Waals surface area contributed by atoms with Gasteiger partial charge in [-0.25, -0.2) is 0 Å². The van der Waals surface area contributed by atoms with Gasteiger partial charge in [-0.1, -0.05) is 31.2 Å². The summed E-state index contributed by atoms with van der Waals surface area (Å²) in [5, 5.41) is 0. The van der Waals surface area contributed by atoms with Gasteiger partial charge in [-0.05, 0) is 25.3 Å². The zero-order valence-corrected chi connectivity index (χ0v) is 9.95. The molecule has 0 amide bonds. The molecule has 1 heterocycles. The van der Waals surface area contributed by atoms with Crippen LogP contribution in [0.15, 0.2) is 24.3 Å². The summed E-state index contributed by atoms with van der Waals surface area (Å²) in [6.07, 6.45) is 2.74. The minimum atomic E-state index is -0.145. The number of Topliss-reactive ketones (excluding diaryl/α,β-unsaturated/α-hetero) is 1. The van der Waals surface area contributed by atoms with Crippen LogP contribution in [0.1, 0.15) is 49.0 Å². The first kappa shape index (κ1) is 11.3. The first-order valence-corrected chi connectivity index (χ1v) is 5.93. The smallest absolute Gasteiger partial charge is 0.162 e. The number of hydrogen-bond acceptors (Lipinski definition) is 2. The van der Waals surface area contributed by atoms with Gasteiger partial charge in [0.1, 0.15) is 0 Å². The normalized spacial score (nSPS) is 24.6. The van der Waals surface area contributed by atoms with Crippen molar-refractivity contribution in [2.45, 2.75) is 38.7 Å². The first-order chi connectivity index (χ1) is 7.65. The number of carbonyl (C=O) groups excluding carboxylic acids is 1. The third-order valence-corrected chi connectivity index (χ3v) is 3.36. The fraction of sp³-hybridized carbons (Fsp3) is 0.500. The predicted octanol–water partition coefficient (Wildman–Crippen LogP) is 3.30. The lowest BCUT2D eigenvalue weighted by molar-refractivity contribution is 0.0168. The average Bonchev–Trinajstić information content (AvgIpc) is 2.77. The number of ketones is 1. The standard InChI is InChI=1S/C14H18O2/c1-3-13(15)11-5-7-12(8-6-11)14(2)9-4-10-16-14/h5-8H,3-4,9-10H2,1-2H3. The maximum atomic E-state index is 11.5. The molecule has 16 heavy (non-hydrogen) atoms. The van der Waals surface area contributed by atoms with Crippen LogP contribution in [-0.4, -0.2) is 12.4 Å². The number of carbonyl (C=O) groups is 1. The van der Waals surface area contributed by atoms with Crippen LogP contribution in [0.25, 0.3) is 0 Å². The fourth-order valence-electron chi connectivity index (χ4n) is 2.22. The zero-order valence-electron chi connectivity index (χ0n) is 9.95. The van der Waals surface area contributed by atoms with Gasteiger partial charge >= 0.3 is 0 Å². The molecular formula is C14H18O2. The lowest BCUT2D eigenvalue weighted by Gasteiger charge is -2.23. The van der Waals surface area contributed by atoms with Crippen molar-refractivity contribution in [1.82, 2.24) is 0 Å². The molecule has 1 saturated heterocycles. The highest BCUT2D eigenvalue weighted by atomic mass is 16.5. The van der Waals surface area contributed by atoms with Crippen LogP contribution in [0.2, 0.25) is 0 Å². The largest absolute Gasteiger partial charge is 0.371 e. The van der Waals surface area contributed by atoms with Gasteiger partial charge < -0.3 is 4.74 Å². The van der Waals surface area contributed by atoms with E-state index >= 15 is 0 Å². The molecule has 86 valence electrons. The molecule has 0 N–H and O–H groups in total. The van der Waals surface area contributed by atoms with Crippen LogP contribution < -0.4 is 0 Å². The van der Waals surface area contributed by atoms with E-state index in [0.717, 1.165) is 25.0 Å². The molecule has 0 aliphatic carbocycles. The molecule has 1 aromatic carbocycles. The molecule has 0 spiro atoms. The zero-order chi connectivity index (χ0) is 11.6. The van der Waals surface area contributed by atoms with Crippen molar-refractivity contribution < 1.29 is 9.53 Å². The second-order valence-corrected chi connectivity index (χ2v) is 4.54. The summed E-state index contributed by atoms with van der Waals surface area (Å²) >= 11 is 0. The third kappa shape index (κ3) is 2.03. The van der Waals surface area contributed by atoms with Crippen LogP contribution in [0, 0.1) is 0 Å². The molecule has 2 nitrogen and oxygen atoms in total. The number of rotatable bonds is 3. The topological polar surface area (TPSA) is 26.3 Å². The average molecular weight is 218 g/mol. The first-order valence-electron chi connectivity index (χ1n) is 5.93. The van der Waals surface area contributed by atoms with Crippen molar-refractivity contribution in [2.24, 2.45) is 0 Å². The van der Waals surface area contributed by atoms with Gasteiger partial charge in [0.2, 0.25) is 0 Å². The summed E-state index contributed by atoms with van der Waals surface area (Å²) in [6.45, 7) is 4.85. The van der Waals surface area contributed by atoms with Crippen molar-refractivity contribution in [1.29, 1.82) is 0 Å². The van der Waals surface area contributed by atoms with Crippen molar-refractivity contribution in [3.63, 3.8) is 0 Å². The highest BCUT2D eigenvalue weighted by Crippen LogP contribution is 2.35. The number of hydrogen-bond donors (Lipinski definition) is 0. The second-order valence-electron chi connectivity index (χ2n) is 4.54. The van der Waals surface area contributed by atoms with Gasteiger partial charge in [-0.2, -0.15) is 0 Å². The van der Waals surface area contributed by atoms with E-state index in [0.29, 0.717) is 6.42 Å².